The van der Waals surface area contributed by atoms with Gasteiger partial charge in [0.15, 0.2) is 6.04 Å². The van der Waals surface area contributed by atoms with Gasteiger partial charge in [-0.25, -0.2) is 4.79 Å². The fourth-order valence-electron chi connectivity index (χ4n) is 1.44. The van der Waals surface area contributed by atoms with Crippen molar-refractivity contribution in [3.8, 4) is 5.75 Å². The number of carbonyl (C=O) groups is 2. The number of carbonyl (C=O) groups excluding carboxylic acids is 1. The Labute approximate surface area is 115 Å². The predicted molar refractivity (Wildman–Crippen MR) is 68.8 cm³/mol. The Hall–Kier alpha value is -1.79. The maximum atomic E-state index is 12.0. The average Bonchev–Trinajstić information content (AvgIpc) is 2.37. The molecule has 1 unspecified atom stereocenters. The van der Waals surface area contributed by atoms with Crippen molar-refractivity contribution in [1.82, 2.24) is 5.32 Å². The fourth-order valence-corrected chi connectivity index (χ4v) is 1.61. The van der Waals surface area contributed by atoms with E-state index < -0.39 is 17.9 Å². The van der Waals surface area contributed by atoms with E-state index in [-0.39, 0.29) is 12.2 Å². The molecule has 6 nitrogen and oxygen atoms in total. The molecule has 2 N–H and O–H groups in total. The third-order valence-corrected chi connectivity index (χ3v) is 2.58. The number of methoxy groups -OCH3 is 2. The van der Waals surface area contributed by atoms with Crippen LogP contribution in [0.5, 0.6) is 5.75 Å². The number of aliphatic carboxylic acids is 1. The molecule has 1 amide bonds. The Morgan fingerprint density at radius 1 is 1.42 bits per heavy atom. The van der Waals surface area contributed by atoms with Gasteiger partial charge in [0.25, 0.3) is 5.91 Å². The zero-order chi connectivity index (χ0) is 14.4. The summed E-state index contributed by atoms with van der Waals surface area (Å²) in [6.45, 7) is -0.135. The van der Waals surface area contributed by atoms with Gasteiger partial charge < -0.3 is 19.9 Å². The highest BCUT2D eigenvalue weighted by molar-refractivity contribution is 6.31. The second-order valence-corrected chi connectivity index (χ2v) is 4.10. The molecule has 1 aromatic rings. The third kappa shape index (κ3) is 4.11. The lowest BCUT2D eigenvalue weighted by Crippen LogP contribution is -2.43. The maximum Gasteiger partial charge on any atom is 0.328 e. The van der Waals surface area contributed by atoms with Crippen LogP contribution < -0.4 is 10.1 Å². The van der Waals surface area contributed by atoms with Gasteiger partial charge in [0.05, 0.1) is 19.3 Å². The molecule has 0 saturated heterocycles. The third-order valence-electron chi connectivity index (χ3n) is 2.34. The van der Waals surface area contributed by atoms with Gasteiger partial charge in [-0.3, -0.25) is 4.79 Å². The van der Waals surface area contributed by atoms with Crippen LogP contribution in [-0.2, 0) is 9.53 Å². The molecule has 0 aliphatic heterocycles. The van der Waals surface area contributed by atoms with Gasteiger partial charge >= 0.3 is 5.97 Å². The second-order valence-electron chi connectivity index (χ2n) is 3.66. The summed E-state index contributed by atoms with van der Waals surface area (Å²) in [5, 5.41) is 11.6. The quantitative estimate of drug-likeness (QED) is 0.820. The number of ether oxygens (including phenoxy) is 2. The van der Waals surface area contributed by atoms with Crippen LogP contribution in [-0.4, -0.2) is 43.9 Å². The first kappa shape index (κ1) is 15.3. The number of hydrogen-bond donors (Lipinski definition) is 2. The molecule has 0 saturated carbocycles. The Morgan fingerprint density at radius 3 is 2.63 bits per heavy atom. The molecule has 0 spiro atoms. The van der Waals surface area contributed by atoms with Gasteiger partial charge in [-0.2, -0.15) is 0 Å². The summed E-state index contributed by atoms with van der Waals surface area (Å²) in [5.41, 5.74) is 0.164. The van der Waals surface area contributed by atoms with Crippen LogP contribution >= 0.6 is 11.6 Å². The van der Waals surface area contributed by atoms with Gasteiger partial charge in [-0.15, -0.1) is 0 Å². The van der Waals surface area contributed by atoms with Crippen LogP contribution in [0.2, 0.25) is 5.02 Å². The van der Waals surface area contributed by atoms with Gasteiger partial charge in [0.1, 0.15) is 5.75 Å². The van der Waals surface area contributed by atoms with E-state index in [1.165, 1.54) is 26.4 Å². The summed E-state index contributed by atoms with van der Waals surface area (Å²) in [7, 11) is 2.76. The van der Waals surface area contributed by atoms with Crippen LogP contribution in [0.4, 0.5) is 0 Å². The van der Waals surface area contributed by atoms with Crippen LogP contribution in [0, 0.1) is 0 Å². The largest absolute Gasteiger partial charge is 0.496 e. The Kier molecular flexibility index (Phi) is 5.59. The zero-order valence-electron chi connectivity index (χ0n) is 10.5. The first-order valence-corrected chi connectivity index (χ1v) is 5.73. The molecular weight excluding hydrogens is 274 g/mol. The number of carboxylic acid groups (broad SMARTS) is 1. The maximum absolute atomic E-state index is 12.0. The number of carboxylic acids is 1. The zero-order valence-corrected chi connectivity index (χ0v) is 11.2. The molecule has 0 fully saturated rings. The molecule has 19 heavy (non-hydrogen) atoms. The monoisotopic (exact) mass is 287 g/mol. The summed E-state index contributed by atoms with van der Waals surface area (Å²) in [4.78, 5) is 22.9. The van der Waals surface area contributed by atoms with Crippen molar-refractivity contribution in [3.63, 3.8) is 0 Å². The summed E-state index contributed by atoms with van der Waals surface area (Å²) >= 11 is 5.80. The van der Waals surface area contributed by atoms with Crippen molar-refractivity contribution in [1.29, 1.82) is 0 Å². The predicted octanol–water partition coefficient (Wildman–Crippen LogP) is 1.18. The summed E-state index contributed by atoms with van der Waals surface area (Å²) < 4.78 is 9.75. The molecule has 1 aromatic carbocycles. The fraction of sp³-hybridized carbons (Fsp3) is 0.333. The molecular formula is C12H14ClNO5. The molecule has 0 aliphatic carbocycles. The first-order valence-electron chi connectivity index (χ1n) is 5.35. The van der Waals surface area contributed by atoms with Crippen LogP contribution in [0.3, 0.4) is 0 Å². The van der Waals surface area contributed by atoms with Crippen molar-refractivity contribution in [2.45, 2.75) is 6.04 Å². The number of benzene rings is 1. The van der Waals surface area contributed by atoms with Crippen LogP contribution in [0.1, 0.15) is 10.4 Å². The number of halogens is 1. The smallest absolute Gasteiger partial charge is 0.328 e. The van der Waals surface area contributed by atoms with E-state index in [9.17, 15) is 9.59 Å². The van der Waals surface area contributed by atoms with E-state index in [1.54, 1.807) is 6.07 Å². The highest BCUT2D eigenvalue weighted by Crippen LogP contribution is 2.22. The molecule has 0 aliphatic rings. The molecule has 0 bridgehead atoms. The normalized spacial score (nSPS) is 11.7. The lowest BCUT2D eigenvalue weighted by atomic mass is 10.1. The number of rotatable bonds is 6. The van der Waals surface area contributed by atoms with Crippen molar-refractivity contribution >= 4 is 23.5 Å². The minimum absolute atomic E-state index is 0.135. The molecule has 1 rings (SSSR count). The molecule has 7 heteroatoms. The average molecular weight is 288 g/mol. The lowest BCUT2D eigenvalue weighted by molar-refractivity contribution is -0.140. The van der Waals surface area contributed by atoms with Crippen molar-refractivity contribution in [3.05, 3.63) is 28.8 Å². The SMILES string of the molecule is COCC(NC(=O)c1cc(Cl)ccc1OC)C(=O)O. The minimum atomic E-state index is -1.18. The topological polar surface area (TPSA) is 84.9 Å². The summed E-state index contributed by atoms with van der Waals surface area (Å²) in [6, 6.07) is 3.37. The van der Waals surface area contributed by atoms with E-state index in [0.717, 1.165) is 0 Å². The molecule has 0 radical (unpaired) electrons. The molecule has 0 aromatic heterocycles. The van der Waals surface area contributed by atoms with E-state index >= 15 is 0 Å². The van der Waals surface area contributed by atoms with E-state index in [1.807, 2.05) is 0 Å². The highest BCUT2D eigenvalue weighted by Gasteiger charge is 2.22. The van der Waals surface area contributed by atoms with Crippen molar-refractivity contribution in [2.75, 3.05) is 20.8 Å². The summed E-state index contributed by atoms with van der Waals surface area (Å²) in [5.74, 6) is -1.47. The number of nitrogens with one attached hydrogen (secondary N) is 1. The standard InChI is InChI=1S/C12H14ClNO5/c1-18-6-9(12(16)17)14-11(15)8-5-7(13)3-4-10(8)19-2/h3-5,9H,6H2,1-2H3,(H,14,15)(H,16,17). The highest BCUT2D eigenvalue weighted by atomic mass is 35.5. The molecule has 104 valence electrons. The Morgan fingerprint density at radius 2 is 2.11 bits per heavy atom. The van der Waals surface area contributed by atoms with Crippen LogP contribution in [0.25, 0.3) is 0 Å². The van der Waals surface area contributed by atoms with Crippen LogP contribution in [0.15, 0.2) is 18.2 Å². The van der Waals surface area contributed by atoms with Gasteiger partial charge in [0, 0.05) is 12.1 Å². The summed E-state index contributed by atoms with van der Waals surface area (Å²) in [6.07, 6.45) is 0. The van der Waals surface area contributed by atoms with Gasteiger partial charge in [-0.1, -0.05) is 11.6 Å². The second kappa shape index (κ2) is 6.96. The van der Waals surface area contributed by atoms with Crippen molar-refractivity contribution < 1.29 is 24.2 Å². The Balaban J connectivity index is 2.93. The number of hydrogen-bond acceptors (Lipinski definition) is 4. The minimum Gasteiger partial charge on any atom is -0.496 e. The number of amides is 1. The Bertz CT molecular complexity index is 477. The van der Waals surface area contributed by atoms with Crippen molar-refractivity contribution in [2.24, 2.45) is 0 Å². The van der Waals surface area contributed by atoms with Gasteiger partial charge in [0.2, 0.25) is 0 Å². The van der Waals surface area contributed by atoms with E-state index in [4.69, 9.17) is 26.2 Å². The molecule has 1 atom stereocenters. The van der Waals surface area contributed by atoms with E-state index in [0.29, 0.717) is 10.8 Å². The molecule has 0 heterocycles. The lowest BCUT2D eigenvalue weighted by Gasteiger charge is -2.15. The van der Waals surface area contributed by atoms with E-state index in [2.05, 4.69) is 5.32 Å². The first-order chi connectivity index (χ1) is 8.99. The van der Waals surface area contributed by atoms with Gasteiger partial charge in [-0.05, 0) is 18.2 Å².